The minimum absolute atomic E-state index is 0.0574. The van der Waals surface area contributed by atoms with Gasteiger partial charge in [-0.05, 0) is 42.5 Å². The van der Waals surface area contributed by atoms with Gasteiger partial charge >= 0.3 is 6.18 Å². The predicted octanol–water partition coefficient (Wildman–Crippen LogP) is 4.62. The summed E-state index contributed by atoms with van der Waals surface area (Å²) in [4.78, 5) is 25.8. The van der Waals surface area contributed by atoms with Crippen LogP contribution in [0.5, 0.6) is 0 Å². The average molecular weight is 393 g/mol. The fraction of sp³-hybridized carbons (Fsp3) is 0.300. The number of nitrogens with one attached hydrogen (secondary N) is 2. The van der Waals surface area contributed by atoms with Gasteiger partial charge < -0.3 is 15.5 Å². The average Bonchev–Trinajstić information content (AvgIpc) is 2.61. The van der Waals surface area contributed by atoms with Gasteiger partial charge in [0.05, 0.1) is 16.9 Å². The van der Waals surface area contributed by atoms with Crippen LogP contribution in [0.4, 0.5) is 30.2 Å². The molecule has 28 heavy (non-hydrogen) atoms. The molecule has 0 radical (unpaired) electrons. The highest BCUT2D eigenvalue weighted by atomic mass is 19.4. The molecule has 0 fully saturated rings. The first-order valence-electron chi connectivity index (χ1n) is 8.60. The van der Waals surface area contributed by atoms with Crippen molar-refractivity contribution in [2.75, 3.05) is 29.6 Å². The van der Waals surface area contributed by atoms with E-state index in [9.17, 15) is 22.8 Å². The van der Waals surface area contributed by atoms with Gasteiger partial charge in [-0.15, -0.1) is 0 Å². The first kappa shape index (κ1) is 21.3. The molecule has 5 nitrogen and oxygen atoms in total. The molecule has 0 aliphatic rings. The number of amides is 2. The van der Waals surface area contributed by atoms with E-state index in [1.165, 1.54) is 18.2 Å². The van der Waals surface area contributed by atoms with E-state index in [-0.39, 0.29) is 23.1 Å². The molecule has 0 saturated heterocycles. The smallest absolute Gasteiger partial charge is 0.376 e. The fourth-order valence-corrected chi connectivity index (χ4v) is 2.39. The Morgan fingerprint density at radius 3 is 2.07 bits per heavy atom. The Kier molecular flexibility index (Phi) is 6.33. The Morgan fingerprint density at radius 1 is 0.964 bits per heavy atom. The largest absolute Gasteiger partial charge is 0.416 e. The van der Waals surface area contributed by atoms with Crippen LogP contribution in [-0.2, 0) is 11.0 Å². The maximum absolute atomic E-state index is 13.0. The lowest BCUT2D eigenvalue weighted by atomic mass is 10.1. The second kappa shape index (κ2) is 8.33. The van der Waals surface area contributed by atoms with Crippen LogP contribution in [-0.4, -0.2) is 25.9 Å². The molecule has 0 aliphatic heterocycles. The van der Waals surface area contributed by atoms with E-state index in [0.29, 0.717) is 11.4 Å². The Hall–Kier alpha value is -3.03. The second-order valence-corrected chi connectivity index (χ2v) is 6.80. The molecule has 0 heterocycles. The van der Waals surface area contributed by atoms with Crippen molar-refractivity contribution in [2.24, 2.45) is 5.92 Å². The molecule has 0 unspecified atom stereocenters. The van der Waals surface area contributed by atoms with Gasteiger partial charge in [0.25, 0.3) is 5.91 Å². The number of nitrogens with zero attached hydrogens (tertiary/aromatic N) is 1. The summed E-state index contributed by atoms with van der Waals surface area (Å²) >= 11 is 0. The zero-order valence-corrected chi connectivity index (χ0v) is 16.0. The summed E-state index contributed by atoms with van der Waals surface area (Å²) in [5.74, 6) is -0.894. The van der Waals surface area contributed by atoms with Gasteiger partial charge in [0, 0.05) is 31.3 Å². The van der Waals surface area contributed by atoms with Crippen LogP contribution in [0.1, 0.15) is 29.8 Å². The van der Waals surface area contributed by atoms with Crippen LogP contribution >= 0.6 is 0 Å². The Bertz CT molecular complexity index is 860. The van der Waals surface area contributed by atoms with Crippen LogP contribution < -0.4 is 15.5 Å². The maximum atomic E-state index is 13.0. The summed E-state index contributed by atoms with van der Waals surface area (Å²) in [6.07, 6.45) is -4.51. The number of carbonyl (C=O) groups excluding carboxylic acids is 2. The molecule has 2 rings (SSSR count). The van der Waals surface area contributed by atoms with Gasteiger partial charge in [0.15, 0.2) is 0 Å². The minimum Gasteiger partial charge on any atom is -0.376 e. The van der Waals surface area contributed by atoms with Crippen molar-refractivity contribution in [1.29, 1.82) is 0 Å². The zero-order valence-electron chi connectivity index (χ0n) is 16.0. The third-order valence-electron chi connectivity index (χ3n) is 3.99. The quantitative estimate of drug-likeness (QED) is 0.779. The lowest BCUT2D eigenvalue weighted by Crippen LogP contribution is -2.19. The minimum atomic E-state index is -4.51. The van der Waals surface area contributed by atoms with E-state index < -0.39 is 17.6 Å². The van der Waals surface area contributed by atoms with Gasteiger partial charge in [0.2, 0.25) is 5.91 Å². The van der Waals surface area contributed by atoms with Gasteiger partial charge in [-0.2, -0.15) is 13.2 Å². The molecule has 2 aromatic rings. The molecule has 8 heteroatoms. The third kappa shape index (κ3) is 5.25. The summed E-state index contributed by atoms with van der Waals surface area (Å²) in [7, 11) is 3.34. The van der Waals surface area contributed by atoms with Crippen molar-refractivity contribution in [1.82, 2.24) is 0 Å². The Labute approximate surface area is 161 Å². The third-order valence-corrected chi connectivity index (χ3v) is 3.99. The van der Waals surface area contributed by atoms with E-state index in [2.05, 4.69) is 10.6 Å². The van der Waals surface area contributed by atoms with E-state index >= 15 is 0 Å². The SMILES string of the molecule is CC(C)C(=O)Nc1ccc(C(=O)Nc2cc(C(F)(F)F)ccc2N(C)C)cc1. The highest BCUT2D eigenvalue weighted by Crippen LogP contribution is 2.35. The zero-order chi connectivity index (χ0) is 21.1. The number of halogens is 3. The van der Waals surface area contributed by atoms with Crippen molar-refractivity contribution < 1.29 is 22.8 Å². The van der Waals surface area contributed by atoms with Gasteiger partial charge in [0.1, 0.15) is 0 Å². The van der Waals surface area contributed by atoms with Crippen molar-refractivity contribution in [3.8, 4) is 0 Å². The van der Waals surface area contributed by atoms with Crippen molar-refractivity contribution >= 4 is 28.9 Å². The van der Waals surface area contributed by atoms with Crippen LogP contribution in [0.25, 0.3) is 0 Å². The van der Waals surface area contributed by atoms with Crippen molar-refractivity contribution in [3.05, 3.63) is 53.6 Å². The molecule has 2 amide bonds. The van der Waals surface area contributed by atoms with E-state index in [1.807, 2.05) is 0 Å². The molecule has 0 bridgehead atoms. The monoisotopic (exact) mass is 393 g/mol. The Balaban J connectivity index is 2.23. The number of benzene rings is 2. The van der Waals surface area contributed by atoms with Gasteiger partial charge in [-0.1, -0.05) is 13.8 Å². The van der Waals surface area contributed by atoms with Crippen LogP contribution in [0.3, 0.4) is 0 Å². The van der Waals surface area contributed by atoms with Crippen molar-refractivity contribution in [3.63, 3.8) is 0 Å². The number of hydrogen-bond donors (Lipinski definition) is 2. The fourth-order valence-electron chi connectivity index (χ4n) is 2.39. The summed E-state index contributed by atoms with van der Waals surface area (Å²) < 4.78 is 39.0. The van der Waals surface area contributed by atoms with E-state index in [0.717, 1.165) is 12.1 Å². The lowest BCUT2D eigenvalue weighted by molar-refractivity contribution is -0.137. The standard InChI is InChI=1S/C20H22F3N3O2/c1-12(2)18(27)24-15-8-5-13(6-9-15)19(28)25-16-11-14(20(21,22)23)7-10-17(16)26(3)4/h5-12H,1-4H3,(H,24,27)(H,25,28). The maximum Gasteiger partial charge on any atom is 0.416 e. The van der Waals surface area contributed by atoms with Gasteiger partial charge in [-0.25, -0.2) is 0 Å². The number of anilines is 3. The molecular weight excluding hydrogens is 371 g/mol. The molecule has 0 atom stereocenters. The number of hydrogen-bond acceptors (Lipinski definition) is 3. The molecule has 2 N–H and O–H groups in total. The topological polar surface area (TPSA) is 61.4 Å². The second-order valence-electron chi connectivity index (χ2n) is 6.80. The summed E-state index contributed by atoms with van der Waals surface area (Å²) in [6, 6.07) is 9.30. The highest BCUT2D eigenvalue weighted by molar-refractivity contribution is 6.06. The number of alkyl halides is 3. The first-order chi connectivity index (χ1) is 13.0. The molecule has 0 spiro atoms. The molecular formula is C20H22F3N3O2. The van der Waals surface area contributed by atoms with Crippen molar-refractivity contribution in [2.45, 2.75) is 20.0 Å². The van der Waals surface area contributed by atoms with Crippen LogP contribution in [0, 0.1) is 5.92 Å². The van der Waals surface area contributed by atoms with Crippen LogP contribution in [0.2, 0.25) is 0 Å². The number of rotatable bonds is 5. The first-order valence-corrected chi connectivity index (χ1v) is 8.60. The summed E-state index contributed by atoms with van der Waals surface area (Å²) in [5, 5.41) is 5.23. The molecule has 2 aromatic carbocycles. The van der Waals surface area contributed by atoms with E-state index in [4.69, 9.17) is 0 Å². The Morgan fingerprint density at radius 2 is 1.57 bits per heavy atom. The molecule has 0 aliphatic carbocycles. The van der Waals surface area contributed by atoms with Crippen LogP contribution in [0.15, 0.2) is 42.5 Å². The highest BCUT2D eigenvalue weighted by Gasteiger charge is 2.31. The molecule has 0 aromatic heterocycles. The summed E-state index contributed by atoms with van der Waals surface area (Å²) in [5.41, 5.74) is 0.442. The molecule has 0 saturated carbocycles. The number of carbonyl (C=O) groups is 2. The predicted molar refractivity (Wildman–Crippen MR) is 104 cm³/mol. The van der Waals surface area contributed by atoms with E-state index in [1.54, 1.807) is 45.0 Å². The lowest BCUT2D eigenvalue weighted by Gasteiger charge is -2.20. The normalized spacial score (nSPS) is 11.3. The molecule has 150 valence electrons. The van der Waals surface area contributed by atoms with Gasteiger partial charge in [-0.3, -0.25) is 9.59 Å². The summed E-state index contributed by atoms with van der Waals surface area (Å²) in [6.45, 7) is 3.52.